The fraction of sp³-hybridized carbons (Fsp3) is 0.0714. The lowest BCUT2D eigenvalue weighted by Crippen LogP contribution is -2.18. The van der Waals surface area contributed by atoms with Crippen LogP contribution in [-0.2, 0) is 13.2 Å². The smallest absolute Gasteiger partial charge is 0.275 e. The van der Waals surface area contributed by atoms with E-state index < -0.39 is 10.8 Å². The lowest BCUT2D eigenvalue weighted by Gasteiger charge is -2.11. The van der Waals surface area contributed by atoms with E-state index in [0.29, 0.717) is 22.1 Å². The number of nitrogens with one attached hydrogen (secondary N) is 1. The molecule has 0 aliphatic carbocycles. The lowest BCUT2D eigenvalue weighted by molar-refractivity contribution is -0.384. The topological polar surface area (TPSA) is 103 Å². The molecule has 0 aromatic heterocycles. The Morgan fingerprint density at radius 2 is 1.59 bits per heavy atom. The van der Waals surface area contributed by atoms with Crippen LogP contribution in [0, 0.1) is 10.1 Å². The van der Waals surface area contributed by atoms with Gasteiger partial charge >= 0.3 is 0 Å². The number of benzene rings is 4. The highest BCUT2D eigenvalue weighted by Gasteiger charge is 2.12. The minimum absolute atomic E-state index is 0.0348. The molecule has 4 rings (SSSR count). The minimum atomic E-state index is -0.442. The van der Waals surface area contributed by atoms with E-state index in [1.165, 1.54) is 18.3 Å². The number of rotatable bonds is 10. The summed E-state index contributed by atoms with van der Waals surface area (Å²) in [6.07, 6.45) is 1.52. The molecule has 0 unspecified atom stereocenters. The lowest BCUT2D eigenvalue weighted by atomic mass is 10.2. The molecule has 0 heterocycles. The summed E-state index contributed by atoms with van der Waals surface area (Å²) in [6.45, 7) is 0.505. The largest absolute Gasteiger partial charge is 0.489 e. The van der Waals surface area contributed by atoms with E-state index >= 15 is 0 Å². The van der Waals surface area contributed by atoms with Gasteiger partial charge in [0.2, 0.25) is 0 Å². The van der Waals surface area contributed by atoms with Gasteiger partial charge in [0.1, 0.15) is 24.7 Å². The molecule has 0 fully saturated rings. The van der Waals surface area contributed by atoms with Gasteiger partial charge in [-0.1, -0.05) is 41.9 Å². The summed E-state index contributed by atoms with van der Waals surface area (Å²) in [4.78, 5) is 23.0. The average molecular weight is 516 g/mol. The van der Waals surface area contributed by atoms with Crippen molar-refractivity contribution in [1.82, 2.24) is 5.43 Å². The van der Waals surface area contributed by atoms with Gasteiger partial charge in [0.05, 0.1) is 16.7 Å². The molecule has 186 valence electrons. The number of ether oxygens (including phenoxy) is 2. The van der Waals surface area contributed by atoms with Crippen molar-refractivity contribution >= 4 is 29.4 Å². The Bertz CT molecular complexity index is 1410. The molecule has 0 aliphatic heterocycles. The first-order valence-corrected chi connectivity index (χ1v) is 11.6. The van der Waals surface area contributed by atoms with E-state index in [0.717, 1.165) is 16.7 Å². The number of nitro groups is 1. The maximum atomic E-state index is 12.7. The molecule has 9 heteroatoms. The molecular formula is C28H22ClN3O5. The minimum Gasteiger partial charge on any atom is -0.489 e. The Labute approximate surface area is 218 Å². The van der Waals surface area contributed by atoms with Crippen LogP contribution in [0.15, 0.2) is 102 Å². The molecule has 0 aliphatic rings. The van der Waals surface area contributed by atoms with Gasteiger partial charge in [0.25, 0.3) is 11.6 Å². The van der Waals surface area contributed by atoms with Gasteiger partial charge in [0.15, 0.2) is 0 Å². The molecule has 4 aromatic rings. The standard InChI is InChI=1S/C28H22ClN3O5/c29-26-7-3-1-5-22(26)19-37-27-8-4-2-6-25(27)28(33)31-30-17-20-11-15-24(16-12-20)36-18-21-9-13-23(14-10-21)32(34)35/h1-17H,18-19H2,(H,31,33)/b30-17+. The molecule has 4 aromatic carbocycles. The molecular weight excluding hydrogens is 494 g/mol. The molecule has 0 atom stereocenters. The monoisotopic (exact) mass is 515 g/mol. The van der Waals surface area contributed by atoms with E-state index in [9.17, 15) is 14.9 Å². The maximum absolute atomic E-state index is 12.7. The van der Waals surface area contributed by atoms with Crippen LogP contribution >= 0.6 is 11.6 Å². The summed E-state index contributed by atoms with van der Waals surface area (Å²) in [5.41, 5.74) is 5.29. The highest BCUT2D eigenvalue weighted by molar-refractivity contribution is 6.31. The van der Waals surface area contributed by atoms with Crippen molar-refractivity contribution in [2.75, 3.05) is 0 Å². The summed E-state index contributed by atoms with van der Waals surface area (Å²) < 4.78 is 11.6. The third kappa shape index (κ3) is 7.16. The second-order valence-electron chi connectivity index (χ2n) is 7.86. The van der Waals surface area contributed by atoms with Crippen LogP contribution in [0.1, 0.15) is 27.0 Å². The first kappa shape index (κ1) is 25.4. The number of hydrazone groups is 1. The summed E-state index contributed by atoms with van der Waals surface area (Å²) in [5, 5.41) is 15.4. The Kier molecular flexibility index (Phi) is 8.46. The summed E-state index contributed by atoms with van der Waals surface area (Å²) in [7, 11) is 0. The highest BCUT2D eigenvalue weighted by Crippen LogP contribution is 2.22. The number of nitro benzene ring substituents is 1. The van der Waals surface area contributed by atoms with Crippen molar-refractivity contribution in [3.05, 3.63) is 134 Å². The van der Waals surface area contributed by atoms with Crippen molar-refractivity contribution in [2.45, 2.75) is 13.2 Å². The zero-order valence-corrected chi connectivity index (χ0v) is 20.3. The predicted octanol–water partition coefficient (Wildman–Crippen LogP) is 6.17. The van der Waals surface area contributed by atoms with Crippen LogP contribution in [0.2, 0.25) is 5.02 Å². The van der Waals surface area contributed by atoms with Crippen molar-refractivity contribution in [3.8, 4) is 11.5 Å². The fourth-order valence-corrected chi connectivity index (χ4v) is 3.50. The first-order valence-electron chi connectivity index (χ1n) is 11.2. The maximum Gasteiger partial charge on any atom is 0.275 e. The SMILES string of the molecule is O=C(N/N=C/c1ccc(OCc2ccc([N+](=O)[O-])cc2)cc1)c1ccccc1OCc1ccccc1Cl. The third-order valence-corrected chi connectivity index (χ3v) is 5.65. The number of halogens is 1. The second-order valence-corrected chi connectivity index (χ2v) is 8.26. The molecule has 0 saturated carbocycles. The quantitative estimate of drug-likeness (QED) is 0.154. The second kappa shape index (κ2) is 12.3. The number of nitrogens with zero attached hydrogens (tertiary/aromatic N) is 2. The number of carbonyl (C=O) groups excluding carboxylic acids is 1. The van der Waals surface area contributed by atoms with E-state index in [4.69, 9.17) is 21.1 Å². The zero-order chi connectivity index (χ0) is 26.0. The Balaban J connectivity index is 1.30. The summed E-state index contributed by atoms with van der Waals surface area (Å²) in [5.74, 6) is 0.642. The first-order chi connectivity index (χ1) is 18.0. The normalized spacial score (nSPS) is 10.7. The Morgan fingerprint density at radius 3 is 2.32 bits per heavy atom. The van der Waals surface area contributed by atoms with Gasteiger partial charge in [-0.2, -0.15) is 5.10 Å². The number of para-hydroxylation sites is 1. The van der Waals surface area contributed by atoms with E-state index in [1.54, 1.807) is 66.7 Å². The number of carbonyl (C=O) groups is 1. The van der Waals surface area contributed by atoms with Gasteiger partial charge in [0, 0.05) is 22.7 Å². The average Bonchev–Trinajstić information content (AvgIpc) is 2.92. The zero-order valence-electron chi connectivity index (χ0n) is 19.5. The van der Waals surface area contributed by atoms with Crippen LogP contribution in [0.5, 0.6) is 11.5 Å². The highest BCUT2D eigenvalue weighted by atomic mass is 35.5. The van der Waals surface area contributed by atoms with Crippen molar-refractivity contribution in [2.24, 2.45) is 5.10 Å². The van der Waals surface area contributed by atoms with Gasteiger partial charge in [-0.05, 0) is 65.7 Å². The molecule has 8 nitrogen and oxygen atoms in total. The Hall–Kier alpha value is -4.69. The van der Waals surface area contributed by atoms with E-state index in [2.05, 4.69) is 10.5 Å². The third-order valence-electron chi connectivity index (χ3n) is 5.29. The number of non-ortho nitro benzene ring substituents is 1. The van der Waals surface area contributed by atoms with Gasteiger partial charge in [-0.3, -0.25) is 14.9 Å². The number of hydrogen-bond donors (Lipinski definition) is 1. The molecule has 1 amide bonds. The van der Waals surface area contributed by atoms with Crippen LogP contribution in [0.4, 0.5) is 5.69 Å². The van der Waals surface area contributed by atoms with Gasteiger partial charge < -0.3 is 9.47 Å². The van der Waals surface area contributed by atoms with Crippen LogP contribution in [0.3, 0.4) is 0 Å². The molecule has 0 saturated heterocycles. The van der Waals surface area contributed by atoms with Gasteiger partial charge in [-0.25, -0.2) is 5.43 Å². The van der Waals surface area contributed by atoms with Gasteiger partial charge in [-0.15, -0.1) is 0 Å². The van der Waals surface area contributed by atoms with Crippen LogP contribution in [0.25, 0.3) is 0 Å². The van der Waals surface area contributed by atoms with Crippen LogP contribution in [-0.4, -0.2) is 17.0 Å². The molecule has 37 heavy (non-hydrogen) atoms. The summed E-state index contributed by atoms with van der Waals surface area (Å²) in [6, 6.07) is 27.6. The molecule has 0 bridgehead atoms. The summed E-state index contributed by atoms with van der Waals surface area (Å²) >= 11 is 6.18. The van der Waals surface area contributed by atoms with Crippen molar-refractivity contribution in [1.29, 1.82) is 0 Å². The fourth-order valence-electron chi connectivity index (χ4n) is 3.31. The van der Waals surface area contributed by atoms with E-state index in [1.807, 2.05) is 18.2 Å². The molecule has 0 spiro atoms. The van der Waals surface area contributed by atoms with Crippen molar-refractivity contribution < 1.29 is 19.2 Å². The molecule has 0 radical (unpaired) electrons. The number of amides is 1. The molecule has 1 N–H and O–H groups in total. The number of hydrogen-bond acceptors (Lipinski definition) is 6. The van der Waals surface area contributed by atoms with Crippen molar-refractivity contribution in [3.63, 3.8) is 0 Å². The van der Waals surface area contributed by atoms with E-state index in [-0.39, 0.29) is 18.9 Å². The predicted molar refractivity (Wildman–Crippen MR) is 141 cm³/mol. The Morgan fingerprint density at radius 1 is 0.892 bits per heavy atom. The van der Waals surface area contributed by atoms with Crippen LogP contribution < -0.4 is 14.9 Å².